The van der Waals surface area contributed by atoms with E-state index in [9.17, 15) is 0 Å². The van der Waals surface area contributed by atoms with E-state index in [-0.39, 0.29) is 5.54 Å². The molecule has 0 saturated carbocycles. The molecular formula is C12H16BrN3. The molecule has 16 heavy (non-hydrogen) atoms. The molecule has 0 aromatic heterocycles. The van der Waals surface area contributed by atoms with Gasteiger partial charge in [-0.15, -0.1) is 0 Å². The Labute approximate surface area is 104 Å². The van der Waals surface area contributed by atoms with Crippen molar-refractivity contribution in [1.29, 1.82) is 0 Å². The molecule has 2 N–H and O–H groups in total. The van der Waals surface area contributed by atoms with Crippen molar-refractivity contribution in [1.82, 2.24) is 4.90 Å². The summed E-state index contributed by atoms with van der Waals surface area (Å²) in [6, 6.07) is 8.25. The fraction of sp³-hybridized carbons (Fsp3) is 0.417. The number of benzene rings is 1. The molecular weight excluding hydrogens is 266 g/mol. The second-order valence-electron chi connectivity index (χ2n) is 4.17. The van der Waals surface area contributed by atoms with Crippen LogP contribution in [0.2, 0.25) is 0 Å². The topological polar surface area (TPSA) is 41.6 Å². The lowest BCUT2D eigenvalue weighted by atomic mass is 9.91. The minimum absolute atomic E-state index is 0.126. The molecule has 0 radical (unpaired) electrons. The molecule has 2 rings (SSSR count). The number of hydrogen-bond donors (Lipinski definition) is 1. The van der Waals surface area contributed by atoms with Crippen molar-refractivity contribution in [2.45, 2.75) is 19.4 Å². The van der Waals surface area contributed by atoms with Gasteiger partial charge >= 0.3 is 0 Å². The molecule has 0 spiro atoms. The Kier molecular flexibility index (Phi) is 2.93. The maximum Gasteiger partial charge on any atom is 0.192 e. The normalized spacial score (nSPS) is 24.7. The van der Waals surface area contributed by atoms with E-state index in [1.54, 1.807) is 0 Å². The third kappa shape index (κ3) is 1.61. The van der Waals surface area contributed by atoms with Crippen molar-refractivity contribution < 1.29 is 0 Å². The van der Waals surface area contributed by atoms with Crippen molar-refractivity contribution in [3.8, 4) is 0 Å². The molecule has 86 valence electrons. The monoisotopic (exact) mass is 281 g/mol. The van der Waals surface area contributed by atoms with Gasteiger partial charge in [-0.1, -0.05) is 34.1 Å². The van der Waals surface area contributed by atoms with Gasteiger partial charge in [0.15, 0.2) is 5.96 Å². The molecule has 1 atom stereocenters. The molecule has 0 fully saturated rings. The van der Waals surface area contributed by atoms with Crippen LogP contribution in [0.4, 0.5) is 0 Å². The smallest absolute Gasteiger partial charge is 0.192 e. The Morgan fingerprint density at radius 2 is 2.19 bits per heavy atom. The molecule has 0 aliphatic carbocycles. The van der Waals surface area contributed by atoms with Crippen LogP contribution in [0.25, 0.3) is 0 Å². The maximum absolute atomic E-state index is 5.91. The summed E-state index contributed by atoms with van der Waals surface area (Å²) >= 11 is 3.60. The summed E-state index contributed by atoms with van der Waals surface area (Å²) in [4.78, 5) is 6.50. The Hall–Kier alpha value is -1.03. The van der Waals surface area contributed by atoms with Gasteiger partial charge in [-0.05, 0) is 25.5 Å². The zero-order chi connectivity index (χ0) is 11.8. The van der Waals surface area contributed by atoms with E-state index >= 15 is 0 Å². The first-order chi connectivity index (χ1) is 7.59. The van der Waals surface area contributed by atoms with Gasteiger partial charge in [0.1, 0.15) is 0 Å². The summed E-state index contributed by atoms with van der Waals surface area (Å²) in [6.45, 7) is 5.87. The Bertz CT molecular complexity index is 430. The molecule has 1 aliphatic rings. The standard InChI is InChI=1S/C12H16BrN3/c1-3-16-11(14)15-8-12(16,2)9-6-4-5-7-10(9)13/h4-7H,3,8H2,1-2H3,(H2,14,15). The predicted molar refractivity (Wildman–Crippen MR) is 70.4 cm³/mol. The van der Waals surface area contributed by atoms with Crippen molar-refractivity contribution in [2.75, 3.05) is 13.1 Å². The number of halogens is 1. The van der Waals surface area contributed by atoms with E-state index in [0.717, 1.165) is 17.6 Å². The number of likely N-dealkylation sites (N-methyl/N-ethyl adjacent to an activating group) is 1. The summed E-state index contributed by atoms with van der Waals surface area (Å²) in [6.07, 6.45) is 0. The summed E-state index contributed by atoms with van der Waals surface area (Å²) in [5.41, 5.74) is 7.02. The fourth-order valence-corrected chi connectivity index (χ4v) is 3.01. The van der Waals surface area contributed by atoms with Gasteiger partial charge in [0.05, 0.1) is 12.1 Å². The van der Waals surface area contributed by atoms with Gasteiger partial charge in [-0.25, -0.2) is 0 Å². The molecule has 1 aliphatic heterocycles. The van der Waals surface area contributed by atoms with Crippen LogP contribution in [-0.4, -0.2) is 23.9 Å². The highest BCUT2D eigenvalue weighted by molar-refractivity contribution is 9.10. The lowest BCUT2D eigenvalue weighted by Gasteiger charge is -2.36. The number of nitrogens with two attached hydrogens (primary N) is 1. The number of guanidine groups is 1. The van der Waals surface area contributed by atoms with Gasteiger partial charge in [0.2, 0.25) is 0 Å². The summed E-state index contributed by atoms with van der Waals surface area (Å²) < 4.78 is 1.11. The van der Waals surface area contributed by atoms with Crippen LogP contribution < -0.4 is 5.73 Å². The minimum Gasteiger partial charge on any atom is -0.370 e. The lowest BCUT2D eigenvalue weighted by molar-refractivity contribution is 0.234. The highest BCUT2D eigenvalue weighted by atomic mass is 79.9. The fourth-order valence-electron chi connectivity index (χ4n) is 2.30. The number of aliphatic imine (C=N–C) groups is 1. The van der Waals surface area contributed by atoms with Crippen LogP contribution >= 0.6 is 15.9 Å². The van der Waals surface area contributed by atoms with Crippen LogP contribution in [0.5, 0.6) is 0 Å². The molecule has 1 unspecified atom stereocenters. The van der Waals surface area contributed by atoms with E-state index in [4.69, 9.17) is 5.73 Å². The van der Waals surface area contributed by atoms with Gasteiger partial charge < -0.3 is 10.6 Å². The van der Waals surface area contributed by atoms with Gasteiger partial charge in [-0.2, -0.15) is 0 Å². The third-order valence-corrected chi connectivity index (χ3v) is 3.88. The van der Waals surface area contributed by atoms with Crippen LogP contribution in [0.15, 0.2) is 33.7 Å². The Morgan fingerprint density at radius 3 is 2.81 bits per heavy atom. The Balaban J connectivity index is 2.45. The van der Waals surface area contributed by atoms with E-state index < -0.39 is 0 Å². The van der Waals surface area contributed by atoms with Crippen LogP contribution in [0.1, 0.15) is 19.4 Å². The summed E-state index contributed by atoms with van der Waals surface area (Å²) in [7, 11) is 0. The third-order valence-electron chi connectivity index (χ3n) is 3.19. The number of rotatable bonds is 2. The first kappa shape index (κ1) is 11.5. The molecule has 0 amide bonds. The van der Waals surface area contributed by atoms with E-state index in [1.807, 2.05) is 12.1 Å². The minimum atomic E-state index is -0.126. The second kappa shape index (κ2) is 4.09. The van der Waals surface area contributed by atoms with Crippen molar-refractivity contribution in [2.24, 2.45) is 10.7 Å². The second-order valence-corrected chi connectivity index (χ2v) is 5.03. The molecule has 4 heteroatoms. The van der Waals surface area contributed by atoms with Crippen LogP contribution in [-0.2, 0) is 5.54 Å². The van der Waals surface area contributed by atoms with Gasteiger partial charge in [-0.3, -0.25) is 4.99 Å². The summed E-state index contributed by atoms with van der Waals surface area (Å²) in [5.74, 6) is 0.640. The van der Waals surface area contributed by atoms with E-state index in [2.05, 4.69) is 51.8 Å². The SMILES string of the molecule is CCN1C(N)=NCC1(C)c1ccccc1Br. The lowest BCUT2D eigenvalue weighted by Crippen LogP contribution is -2.47. The number of hydrogen-bond acceptors (Lipinski definition) is 3. The highest BCUT2D eigenvalue weighted by Gasteiger charge is 2.39. The molecule has 1 aromatic rings. The first-order valence-corrected chi connectivity index (χ1v) is 6.21. The van der Waals surface area contributed by atoms with Gasteiger partial charge in [0, 0.05) is 11.0 Å². The molecule has 1 heterocycles. The zero-order valence-electron chi connectivity index (χ0n) is 9.57. The Morgan fingerprint density at radius 1 is 1.50 bits per heavy atom. The van der Waals surface area contributed by atoms with Crippen LogP contribution in [0, 0.1) is 0 Å². The first-order valence-electron chi connectivity index (χ1n) is 5.42. The van der Waals surface area contributed by atoms with Crippen molar-refractivity contribution in [3.63, 3.8) is 0 Å². The molecule has 3 nitrogen and oxygen atoms in total. The average Bonchev–Trinajstić information content (AvgIpc) is 2.56. The largest absolute Gasteiger partial charge is 0.370 e. The summed E-state index contributed by atoms with van der Waals surface area (Å²) in [5, 5.41) is 0. The predicted octanol–water partition coefficient (Wildman–Crippen LogP) is 2.31. The molecule has 0 bridgehead atoms. The van der Waals surface area contributed by atoms with E-state index in [1.165, 1.54) is 5.56 Å². The zero-order valence-corrected chi connectivity index (χ0v) is 11.2. The average molecular weight is 282 g/mol. The van der Waals surface area contributed by atoms with Crippen molar-refractivity contribution in [3.05, 3.63) is 34.3 Å². The molecule has 0 saturated heterocycles. The van der Waals surface area contributed by atoms with Crippen LogP contribution in [0.3, 0.4) is 0 Å². The quantitative estimate of drug-likeness (QED) is 0.904. The maximum atomic E-state index is 5.91. The molecule has 1 aromatic carbocycles. The van der Waals surface area contributed by atoms with E-state index in [0.29, 0.717) is 5.96 Å². The van der Waals surface area contributed by atoms with Gasteiger partial charge in [0.25, 0.3) is 0 Å². The highest BCUT2D eigenvalue weighted by Crippen LogP contribution is 2.36. The van der Waals surface area contributed by atoms with Crippen molar-refractivity contribution >= 4 is 21.9 Å². The number of nitrogens with zero attached hydrogens (tertiary/aromatic N) is 2.